The largest absolute Gasteiger partial charge is 0.340 e. The van der Waals surface area contributed by atoms with Gasteiger partial charge in [-0.2, -0.15) is 5.10 Å². The molecule has 0 bridgehead atoms. The summed E-state index contributed by atoms with van der Waals surface area (Å²) in [6.45, 7) is 5.88. The second-order valence-corrected chi connectivity index (χ2v) is 6.47. The maximum absolute atomic E-state index is 4.70. The first-order chi connectivity index (χ1) is 11.6. The Balaban J connectivity index is 1.67. The lowest BCUT2D eigenvalue weighted by Crippen LogP contribution is -2.36. The highest BCUT2D eigenvalue weighted by Crippen LogP contribution is 2.31. The van der Waals surface area contributed by atoms with E-state index in [4.69, 9.17) is 5.10 Å². The smallest absolute Gasteiger partial charge is 0.225 e. The molecule has 1 atom stereocenters. The minimum absolute atomic E-state index is 0.323. The first-order valence-corrected chi connectivity index (χ1v) is 8.32. The van der Waals surface area contributed by atoms with Crippen LogP contribution in [0.2, 0.25) is 0 Å². The Morgan fingerprint density at radius 3 is 2.62 bits per heavy atom. The normalized spacial score (nSPS) is 18.3. The van der Waals surface area contributed by atoms with Gasteiger partial charge in [-0.3, -0.25) is 0 Å². The highest BCUT2D eigenvalue weighted by Gasteiger charge is 2.27. The molecular formula is C17H21N7. The monoisotopic (exact) mass is 323 g/mol. The molecule has 0 aromatic carbocycles. The molecule has 4 heterocycles. The summed E-state index contributed by atoms with van der Waals surface area (Å²) in [6.07, 6.45) is 5.65. The van der Waals surface area contributed by atoms with Gasteiger partial charge < -0.3 is 4.90 Å². The van der Waals surface area contributed by atoms with Gasteiger partial charge in [-0.1, -0.05) is 0 Å². The number of aromatic nitrogens is 6. The molecule has 0 aliphatic carbocycles. The molecule has 1 saturated heterocycles. The molecule has 3 aromatic heterocycles. The van der Waals surface area contributed by atoms with E-state index in [1.807, 2.05) is 31.6 Å². The average molecular weight is 323 g/mol. The molecule has 1 aliphatic heterocycles. The fourth-order valence-electron chi connectivity index (χ4n) is 3.51. The van der Waals surface area contributed by atoms with Gasteiger partial charge >= 0.3 is 0 Å². The zero-order chi connectivity index (χ0) is 16.7. The Hall–Kier alpha value is -2.57. The minimum Gasteiger partial charge on any atom is -0.340 e. The molecule has 0 N–H and O–H groups in total. The summed E-state index contributed by atoms with van der Waals surface area (Å²) in [4.78, 5) is 20.4. The SMILES string of the molecule is Cc1cc(C)nc(N2CCC[C@H](c3nn(C)c4nccnc34)C2)n1. The fraction of sp³-hybridized carbons (Fsp3) is 0.471. The third kappa shape index (κ3) is 2.60. The van der Waals surface area contributed by atoms with Crippen molar-refractivity contribution in [1.29, 1.82) is 0 Å². The van der Waals surface area contributed by atoms with Crippen LogP contribution in [0, 0.1) is 13.8 Å². The molecule has 3 aromatic rings. The number of aryl methyl sites for hydroxylation is 3. The molecule has 7 heteroatoms. The Bertz CT molecular complexity index is 866. The van der Waals surface area contributed by atoms with E-state index in [1.165, 1.54) is 0 Å². The average Bonchev–Trinajstić information content (AvgIpc) is 2.92. The van der Waals surface area contributed by atoms with Crippen LogP contribution in [0.25, 0.3) is 11.2 Å². The van der Waals surface area contributed by atoms with Crippen molar-refractivity contribution in [1.82, 2.24) is 29.7 Å². The maximum atomic E-state index is 4.70. The van der Waals surface area contributed by atoms with Gasteiger partial charge in [0.25, 0.3) is 0 Å². The van der Waals surface area contributed by atoms with Crippen molar-refractivity contribution < 1.29 is 0 Å². The molecule has 0 spiro atoms. The summed E-state index contributed by atoms with van der Waals surface area (Å²) in [5.41, 5.74) is 4.80. The lowest BCUT2D eigenvalue weighted by molar-refractivity contribution is 0.491. The molecule has 124 valence electrons. The molecule has 24 heavy (non-hydrogen) atoms. The van der Waals surface area contributed by atoms with Gasteiger partial charge in [0, 0.05) is 49.8 Å². The lowest BCUT2D eigenvalue weighted by Gasteiger charge is -2.32. The van der Waals surface area contributed by atoms with Crippen molar-refractivity contribution >= 4 is 17.1 Å². The first kappa shape index (κ1) is 15.0. The summed E-state index contributed by atoms with van der Waals surface area (Å²) in [5.74, 6) is 1.15. The van der Waals surface area contributed by atoms with E-state index in [-0.39, 0.29) is 0 Å². The Morgan fingerprint density at radius 1 is 1.08 bits per heavy atom. The molecular weight excluding hydrogens is 302 g/mol. The summed E-state index contributed by atoms with van der Waals surface area (Å²) < 4.78 is 1.82. The van der Waals surface area contributed by atoms with Crippen LogP contribution in [0.3, 0.4) is 0 Å². The van der Waals surface area contributed by atoms with Crippen LogP contribution in [-0.2, 0) is 7.05 Å². The van der Waals surface area contributed by atoms with Crippen molar-refractivity contribution in [2.45, 2.75) is 32.6 Å². The highest BCUT2D eigenvalue weighted by molar-refractivity contribution is 5.73. The zero-order valence-electron chi connectivity index (χ0n) is 14.3. The van der Waals surface area contributed by atoms with Crippen molar-refractivity contribution in [3.63, 3.8) is 0 Å². The van der Waals surface area contributed by atoms with Crippen LogP contribution in [0.4, 0.5) is 5.95 Å². The summed E-state index contributed by atoms with van der Waals surface area (Å²) in [6, 6.07) is 2.01. The van der Waals surface area contributed by atoms with Gasteiger partial charge in [-0.25, -0.2) is 24.6 Å². The van der Waals surface area contributed by atoms with Crippen LogP contribution in [0.15, 0.2) is 18.5 Å². The lowest BCUT2D eigenvalue weighted by atomic mass is 9.94. The van der Waals surface area contributed by atoms with Crippen LogP contribution >= 0.6 is 0 Å². The van der Waals surface area contributed by atoms with Crippen molar-refractivity contribution in [2.75, 3.05) is 18.0 Å². The van der Waals surface area contributed by atoms with Crippen LogP contribution in [-0.4, -0.2) is 42.8 Å². The zero-order valence-corrected chi connectivity index (χ0v) is 14.3. The van der Waals surface area contributed by atoms with Gasteiger partial charge in [0.15, 0.2) is 5.65 Å². The van der Waals surface area contributed by atoms with Gasteiger partial charge in [-0.05, 0) is 32.8 Å². The van der Waals surface area contributed by atoms with Gasteiger partial charge in [0.1, 0.15) is 5.52 Å². The maximum Gasteiger partial charge on any atom is 0.225 e. The van der Waals surface area contributed by atoms with Gasteiger partial charge in [-0.15, -0.1) is 0 Å². The van der Waals surface area contributed by atoms with E-state index in [2.05, 4.69) is 24.8 Å². The number of hydrogen-bond donors (Lipinski definition) is 0. The minimum atomic E-state index is 0.323. The second-order valence-electron chi connectivity index (χ2n) is 6.47. The Kier molecular flexibility index (Phi) is 3.63. The van der Waals surface area contributed by atoms with Crippen LogP contribution < -0.4 is 4.90 Å². The molecule has 0 unspecified atom stereocenters. The van der Waals surface area contributed by atoms with E-state index in [0.717, 1.165) is 60.1 Å². The van der Waals surface area contributed by atoms with Gasteiger partial charge in [0.2, 0.25) is 5.95 Å². The van der Waals surface area contributed by atoms with Crippen molar-refractivity contribution in [3.8, 4) is 0 Å². The highest BCUT2D eigenvalue weighted by atomic mass is 15.3. The second kappa shape index (κ2) is 5.81. The third-order valence-corrected chi connectivity index (χ3v) is 4.55. The first-order valence-electron chi connectivity index (χ1n) is 8.32. The molecule has 0 amide bonds. The van der Waals surface area contributed by atoms with E-state index in [1.54, 1.807) is 12.4 Å². The van der Waals surface area contributed by atoms with Crippen LogP contribution in [0.1, 0.15) is 35.8 Å². The van der Waals surface area contributed by atoms with Gasteiger partial charge in [0.05, 0.1) is 5.69 Å². The van der Waals surface area contributed by atoms with Crippen molar-refractivity contribution in [3.05, 3.63) is 35.5 Å². The molecule has 7 nitrogen and oxygen atoms in total. The number of hydrogen-bond acceptors (Lipinski definition) is 6. The number of anilines is 1. The predicted octanol–water partition coefficient (Wildman–Crippen LogP) is 2.15. The Morgan fingerprint density at radius 2 is 1.83 bits per heavy atom. The summed E-state index contributed by atoms with van der Waals surface area (Å²) in [7, 11) is 1.92. The van der Waals surface area contributed by atoms with E-state index < -0.39 is 0 Å². The predicted molar refractivity (Wildman–Crippen MR) is 92.0 cm³/mol. The van der Waals surface area contributed by atoms with Crippen LogP contribution in [0.5, 0.6) is 0 Å². The molecule has 1 aliphatic rings. The molecule has 0 radical (unpaired) electrons. The molecule has 0 saturated carbocycles. The number of piperidine rings is 1. The molecule has 4 rings (SSSR count). The standard InChI is InChI=1S/C17H21N7/c1-11-9-12(2)21-17(20-11)24-8-4-5-13(10-24)14-15-16(23(3)22-14)19-7-6-18-15/h6-7,9,13H,4-5,8,10H2,1-3H3/t13-/m0/s1. The number of rotatable bonds is 2. The fourth-order valence-corrected chi connectivity index (χ4v) is 3.51. The number of fused-ring (bicyclic) bond motifs is 1. The van der Waals surface area contributed by atoms with E-state index in [9.17, 15) is 0 Å². The van der Waals surface area contributed by atoms with E-state index >= 15 is 0 Å². The van der Waals surface area contributed by atoms with Crippen molar-refractivity contribution in [2.24, 2.45) is 7.05 Å². The quantitative estimate of drug-likeness (QED) is 0.719. The Labute approximate surface area is 140 Å². The summed E-state index contributed by atoms with van der Waals surface area (Å²) >= 11 is 0. The van der Waals surface area contributed by atoms with E-state index in [0.29, 0.717) is 5.92 Å². The summed E-state index contributed by atoms with van der Waals surface area (Å²) in [5, 5.41) is 4.70. The third-order valence-electron chi connectivity index (χ3n) is 4.55. The number of nitrogens with zero attached hydrogens (tertiary/aromatic N) is 7. The molecule has 1 fully saturated rings. The topological polar surface area (TPSA) is 72.6 Å².